The lowest BCUT2D eigenvalue weighted by Crippen LogP contribution is -2.32. The van der Waals surface area contributed by atoms with Gasteiger partial charge in [-0.05, 0) is 17.7 Å². The molecule has 0 spiro atoms. The van der Waals surface area contributed by atoms with Crippen molar-refractivity contribution < 1.29 is 19.0 Å². The van der Waals surface area contributed by atoms with Crippen molar-refractivity contribution in [2.45, 2.75) is 18.9 Å². The van der Waals surface area contributed by atoms with Crippen LogP contribution in [0.4, 0.5) is 0 Å². The van der Waals surface area contributed by atoms with E-state index in [4.69, 9.17) is 14.2 Å². The zero-order valence-corrected chi connectivity index (χ0v) is 13.1. The van der Waals surface area contributed by atoms with E-state index in [1.165, 1.54) is 0 Å². The van der Waals surface area contributed by atoms with Crippen LogP contribution in [0.25, 0.3) is 0 Å². The molecule has 2 aliphatic rings. The number of nitrogens with zero attached hydrogens (tertiary/aromatic N) is 3. The van der Waals surface area contributed by atoms with E-state index in [9.17, 15) is 4.79 Å². The Labute approximate surface area is 139 Å². The van der Waals surface area contributed by atoms with E-state index < -0.39 is 0 Å². The third-order valence-electron chi connectivity index (χ3n) is 4.12. The highest BCUT2D eigenvalue weighted by Crippen LogP contribution is 2.32. The van der Waals surface area contributed by atoms with Gasteiger partial charge in [0.05, 0.1) is 19.2 Å². The van der Waals surface area contributed by atoms with Gasteiger partial charge in [0, 0.05) is 25.4 Å². The second-order valence-corrected chi connectivity index (χ2v) is 5.78. The standard InChI is InChI=1S/C17H17N3O4/c21-17(8-12-1-2-14-15(7-12)23-11-22-14)20-6-3-13(10-20)24-16-9-18-4-5-19-16/h1-2,4-5,7,9,13H,3,6,8,10-11H2/t13-/m0/s1. The number of benzene rings is 1. The van der Waals surface area contributed by atoms with Gasteiger partial charge in [0.25, 0.3) is 0 Å². The number of hydrogen-bond acceptors (Lipinski definition) is 6. The fraction of sp³-hybridized carbons (Fsp3) is 0.353. The van der Waals surface area contributed by atoms with E-state index in [2.05, 4.69) is 9.97 Å². The molecule has 1 atom stereocenters. The highest BCUT2D eigenvalue weighted by atomic mass is 16.7. The molecule has 0 radical (unpaired) electrons. The molecule has 0 saturated carbocycles. The van der Waals surface area contributed by atoms with Crippen molar-refractivity contribution in [3.8, 4) is 17.4 Å². The Morgan fingerprint density at radius 2 is 2.21 bits per heavy atom. The summed E-state index contributed by atoms with van der Waals surface area (Å²) >= 11 is 0. The predicted molar refractivity (Wildman–Crippen MR) is 83.9 cm³/mol. The number of fused-ring (bicyclic) bond motifs is 1. The molecule has 24 heavy (non-hydrogen) atoms. The molecule has 0 aliphatic carbocycles. The quantitative estimate of drug-likeness (QED) is 0.846. The van der Waals surface area contributed by atoms with E-state index in [0.717, 1.165) is 17.7 Å². The first kappa shape index (κ1) is 14.7. The molecule has 124 valence electrons. The molecule has 1 amide bonds. The van der Waals surface area contributed by atoms with Crippen LogP contribution in [0.1, 0.15) is 12.0 Å². The van der Waals surface area contributed by atoms with Crippen LogP contribution < -0.4 is 14.2 Å². The van der Waals surface area contributed by atoms with Crippen LogP contribution in [-0.4, -0.2) is 46.8 Å². The highest BCUT2D eigenvalue weighted by molar-refractivity contribution is 5.79. The molecular formula is C17H17N3O4. The Kier molecular flexibility index (Phi) is 3.90. The second kappa shape index (κ2) is 6.35. The Morgan fingerprint density at radius 1 is 1.29 bits per heavy atom. The number of amides is 1. The van der Waals surface area contributed by atoms with Gasteiger partial charge >= 0.3 is 0 Å². The van der Waals surface area contributed by atoms with Gasteiger partial charge in [-0.2, -0.15) is 0 Å². The van der Waals surface area contributed by atoms with Crippen molar-refractivity contribution in [2.75, 3.05) is 19.9 Å². The normalized spacial score (nSPS) is 18.7. The van der Waals surface area contributed by atoms with Crippen molar-refractivity contribution in [3.05, 3.63) is 42.4 Å². The van der Waals surface area contributed by atoms with Crippen molar-refractivity contribution >= 4 is 5.91 Å². The lowest BCUT2D eigenvalue weighted by atomic mass is 10.1. The van der Waals surface area contributed by atoms with Gasteiger partial charge in [0.1, 0.15) is 6.10 Å². The smallest absolute Gasteiger partial charge is 0.232 e. The van der Waals surface area contributed by atoms with Gasteiger partial charge in [0.2, 0.25) is 18.6 Å². The second-order valence-electron chi connectivity index (χ2n) is 5.78. The summed E-state index contributed by atoms with van der Waals surface area (Å²) in [6, 6.07) is 5.60. The van der Waals surface area contributed by atoms with Crippen LogP contribution in [0, 0.1) is 0 Å². The number of carbonyl (C=O) groups excluding carboxylic acids is 1. The topological polar surface area (TPSA) is 73.8 Å². The maximum atomic E-state index is 12.5. The van der Waals surface area contributed by atoms with Crippen LogP contribution in [0.3, 0.4) is 0 Å². The molecule has 0 unspecified atom stereocenters. The summed E-state index contributed by atoms with van der Waals surface area (Å²) in [6.45, 7) is 1.49. The summed E-state index contributed by atoms with van der Waals surface area (Å²) in [4.78, 5) is 22.4. The number of aromatic nitrogens is 2. The van der Waals surface area contributed by atoms with E-state index in [0.29, 0.717) is 31.1 Å². The lowest BCUT2D eigenvalue weighted by Gasteiger charge is -2.17. The van der Waals surface area contributed by atoms with E-state index in [-0.39, 0.29) is 18.8 Å². The molecule has 0 bridgehead atoms. The zero-order chi connectivity index (χ0) is 16.4. The zero-order valence-electron chi connectivity index (χ0n) is 13.1. The Morgan fingerprint density at radius 3 is 3.08 bits per heavy atom. The molecule has 1 aromatic carbocycles. The molecule has 3 heterocycles. The lowest BCUT2D eigenvalue weighted by molar-refractivity contribution is -0.129. The molecule has 1 aromatic heterocycles. The van der Waals surface area contributed by atoms with Gasteiger partial charge in [-0.3, -0.25) is 9.78 Å². The first-order chi connectivity index (χ1) is 11.8. The summed E-state index contributed by atoms with van der Waals surface area (Å²) in [5.74, 6) is 2.00. The number of rotatable bonds is 4. The molecular weight excluding hydrogens is 310 g/mol. The van der Waals surface area contributed by atoms with E-state index >= 15 is 0 Å². The highest BCUT2D eigenvalue weighted by Gasteiger charge is 2.28. The van der Waals surface area contributed by atoms with Gasteiger partial charge in [0.15, 0.2) is 11.5 Å². The monoisotopic (exact) mass is 327 g/mol. The minimum atomic E-state index is -0.0394. The predicted octanol–water partition coefficient (Wildman–Crippen LogP) is 1.43. The Balaban J connectivity index is 1.34. The Hall–Kier alpha value is -2.83. The van der Waals surface area contributed by atoms with Crippen molar-refractivity contribution in [1.29, 1.82) is 0 Å². The van der Waals surface area contributed by atoms with Crippen molar-refractivity contribution in [3.63, 3.8) is 0 Å². The molecule has 7 nitrogen and oxygen atoms in total. The number of ether oxygens (including phenoxy) is 3. The van der Waals surface area contributed by atoms with Crippen LogP contribution in [0.2, 0.25) is 0 Å². The minimum Gasteiger partial charge on any atom is -0.471 e. The summed E-state index contributed by atoms with van der Waals surface area (Å²) in [5, 5.41) is 0. The SMILES string of the molecule is O=C(Cc1ccc2c(c1)OCO2)N1CC[C@H](Oc2cnccn2)C1. The minimum absolute atomic E-state index is 0.0394. The van der Waals surface area contributed by atoms with E-state index in [1.54, 1.807) is 18.6 Å². The number of hydrogen-bond donors (Lipinski definition) is 0. The Bertz CT molecular complexity index is 738. The fourth-order valence-corrected chi connectivity index (χ4v) is 2.91. The number of carbonyl (C=O) groups is 1. The molecule has 2 aliphatic heterocycles. The molecule has 2 aromatic rings. The average Bonchev–Trinajstić information content (AvgIpc) is 3.24. The van der Waals surface area contributed by atoms with E-state index in [1.807, 2.05) is 23.1 Å². The molecule has 1 saturated heterocycles. The third kappa shape index (κ3) is 3.10. The van der Waals surface area contributed by atoms with Gasteiger partial charge in [-0.25, -0.2) is 4.98 Å². The van der Waals surface area contributed by atoms with Crippen molar-refractivity contribution in [2.24, 2.45) is 0 Å². The summed E-state index contributed by atoms with van der Waals surface area (Å²) < 4.78 is 16.4. The molecule has 7 heteroatoms. The van der Waals surface area contributed by atoms with Crippen LogP contribution in [0.15, 0.2) is 36.8 Å². The van der Waals surface area contributed by atoms with Gasteiger partial charge in [-0.1, -0.05) is 6.07 Å². The van der Waals surface area contributed by atoms with Crippen LogP contribution in [-0.2, 0) is 11.2 Å². The molecule has 4 rings (SSSR count). The maximum Gasteiger partial charge on any atom is 0.232 e. The first-order valence-electron chi connectivity index (χ1n) is 7.87. The summed E-state index contributed by atoms with van der Waals surface area (Å²) in [7, 11) is 0. The molecule has 1 fully saturated rings. The summed E-state index contributed by atoms with van der Waals surface area (Å²) in [6.07, 6.45) is 5.87. The first-order valence-corrected chi connectivity index (χ1v) is 7.87. The van der Waals surface area contributed by atoms with Gasteiger partial charge < -0.3 is 19.1 Å². The van der Waals surface area contributed by atoms with Crippen molar-refractivity contribution in [1.82, 2.24) is 14.9 Å². The van der Waals surface area contributed by atoms with Gasteiger partial charge in [-0.15, -0.1) is 0 Å². The summed E-state index contributed by atoms with van der Waals surface area (Å²) in [5.41, 5.74) is 0.919. The average molecular weight is 327 g/mol. The molecule has 0 N–H and O–H groups in total. The largest absolute Gasteiger partial charge is 0.471 e. The third-order valence-corrected chi connectivity index (χ3v) is 4.12. The fourth-order valence-electron chi connectivity index (χ4n) is 2.91. The van der Waals surface area contributed by atoms with Crippen LogP contribution in [0.5, 0.6) is 17.4 Å². The number of likely N-dealkylation sites (tertiary alicyclic amines) is 1. The van der Waals surface area contributed by atoms with Crippen LogP contribution >= 0.6 is 0 Å². The maximum absolute atomic E-state index is 12.5.